The molecule has 0 aliphatic rings. The van der Waals surface area contributed by atoms with Crippen LogP contribution >= 0.6 is 0 Å². The zero-order valence-electron chi connectivity index (χ0n) is 27.0. The number of aliphatic hydroxyl groups excluding tert-OH is 1. The summed E-state index contributed by atoms with van der Waals surface area (Å²) in [5.41, 5.74) is 0.218. The van der Waals surface area contributed by atoms with Gasteiger partial charge in [0.2, 0.25) is 11.8 Å². The van der Waals surface area contributed by atoms with Crippen LogP contribution in [0.4, 0.5) is 0 Å². The third-order valence-corrected chi connectivity index (χ3v) is 6.76. The summed E-state index contributed by atoms with van der Waals surface area (Å²) in [6.07, 6.45) is 6.29. The van der Waals surface area contributed by atoms with E-state index < -0.39 is 24.2 Å². The van der Waals surface area contributed by atoms with Gasteiger partial charge in [0.1, 0.15) is 11.8 Å². The number of carboxylic acid groups (broad SMARTS) is 2. The van der Waals surface area contributed by atoms with Crippen LogP contribution in [0.2, 0.25) is 0 Å². The number of aliphatic hydroxyl groups is 1. The Labute approximate surface area is 275 Å². The molecule has 1 aromatic rings. The lowest BCUT2D eigenvalue weighted by molar-refractivity contribution is -0.142. The first kappa shape index (κ1) is 41.4. The number of aromatic carboxylic acids is 1. The van der Waals surface area contributed by atoms with Crippen molar-refractivity contribution in [3.63, 3.8) is 0 Å². The maximum Gasteiger partial charge on any atom is 0.335 e. The number of ether oxygens (including phenoxy) is 4. The topological polar surface area (TPSA) is 219 Å². The third-order valence-electron chi connectivity index (χ3n) is 6.76. The van der Waals surface area contributed by atoms with Crippen LogP contribution in [0.15, 0.2) is 24.3 Å². The first-order chi connectivity index (χ1) is 22.8. The van der Waals surface area contributed by atoms with Gasteiger partial charge < -0.3 is 44.9 Å². The van der Waals surface area contributed by atoms with E-state index in [4.69, 9.17) is 29.2 Å². The van der Waals surface area contributed by atoms with Gasteiger partial charge in [-0.15, -0.1) is 0 Å². The molecule has 266 valence electrons. The fraction of sp³-hybridized carbons (Fsp3) is 0.656. The van der Waals surface area contributed by atoms with Crippen molar-refractivity contribution < 1.29 is 58.2 Å². The second kappa shape index (κ2) is 27.5. The average molecular weight is 670 g/mol. The van der Waals surface area contributed by atoms with Gasteiger partial charge in [-0.3, -0.25) is 19.7 Å². The number of carbonyl (C=O) groups excluding carboxylic acids is 3. The normalized spacial score (nSPS) is 12.2. The molecular weight excluding hydrogens is 618 g/mol. The molecule has 2 atom stereocenters. The minimum Gasteiger partial charge on any atom is -0.494 e. The highest BCUT2D eigenvalue weighted by Gasteiger charge is 2.20. The Morgan fingerprint density at radius 3 is 2.06 bits per heavy atom. The third kappa shape index (κ3) is 22.5. The Hall–Kier alpha value is -3.63. The standard InChI is InChI=1S/C32H51N3O12/c36-17-21-44-20-16-34-30(24-37)47-23-22-45-19-15-33-28(38)14-13-27(32(42)43)35-29(39)8-6-4-2-1-3-5-7-18-46-26-11-9-25(10-12-26)31(40)41/h9-12,24,27,30,34,36H,1-8,13-23H2,(H,33,38)(H,35,39)(H,40,41)(H,42,43)/t27-,30?/m0/s1. The Morgan fingerprint density at radius 2 is 1.40 bits per heavy atom. The van der Waals surface area contributed by atoms with E-state index in [1.807, 2.05) is 0 Å². The van der Waals surface area contributed by atoms with Gasteiger partial charge >= 0.3 is 11.9 Å². The summed E-state index contributed by atoms with van der Waals surface area (Å²) in [7, 11) is 0. The van der Waals surface area contributed by atoms with E-state index in [9.17, 15) is 29.1 Å². The van der Waals surface area contributed by atoms with Crippen LogP contribution in [0.25, 0.3) is 0 Å². The number of carbonyl (C=O) groups is 5. The van der Waals surface area contributed by atoms with Gasteiger partial charge in [-0.2, -0.15) is 0 Å². The Bertz CT molecular complexity index is 1030. The van der Waals surface area contributed by atoms with E-state index in [2.05, 4.69) is 16.0 Å². The SMILES string of the molecule is O=CC(NCCOCCO)OCCOCCNC(=O)CC[C@H](NC(=O)CCCCCCCCCOc1ccc(C(=O)O)cc1)C(=O)O. The zero-order valence-corrected chi connectivity index (χ0v) is 27.0. The van der Waals surface area contributed by atoms with E-state index in [0.717, 1.165) is 38.5 Å². The largest absolute Gasteiger partial charge is 0.494 e. The fourth-order valence-corrected chi connectivity index (χ4v) is 4.23. The van der Waals surface area contributed by atoms with E-state index in [1.165, 1.54) is 12.1 Å². The number of hydrogen-bond donors (Lipinski definition) is 6. The summed E-state index contributed by atoms with van der Waals surface area (Å²) in [5.74, 6) is -2.25. The summed E-state index contributed by atoms with van der Waals surface area (Å²) >= 11 is 0. The van der Waals surface area contributed by atoms with Crippen LogP contribution < -0.4 is 20.7 Å². The van der Waals surface area contributed by atoms with Gasteiger partial charge in [-0.05, 0) is 43.5 Å². The van der Waals surface area contributed by atoms with E-state index >= 15 is 0 Å². The molecule has 0 aromatic heterocycles. The first-order valence-electron chi connectivity index (χ1n) is 16.1. The first-order valence-corrected chi connectivity index (χ1v) is 16.1. The number of carboxylic acids is 2. The van der Waals surface area contributed by atoms with Gasteiger partial charge in [-0.1, -0.05) is 32.1 Å². The number of hydrogen-bond acceptors (Lipinski definition) is 11. The van der Waals surface area contributed by atoms with Gasteiger partial charge in [-0.25, -0.2) is 9.59 Å². The van der Waals surface area contributed by atoms with Gasteiger partial charge in [0, 0.05) is 25.9 Å². The number of amides is 2. The highest BCUT2D eigenvalue weighted by Crippen LogP contribution is 2.14. The maximum atomic E-state index is 12.2. The number of aldehydes is 1. The summed E-state index contributed by atoms with van der Waals surface area (Å²) in [4.78, 5) is 57.8. The predicted octanol–water partition coefficient (Wildman–Crippen LogP) is 1.51. The molecule has 0 aliphatic heterocycles. The van der Waals surface area contributed by atoms with Gasteiger partial charge in [0.05, 0.1) is 51.8 Å². The predicted molar refractivity (Wildman–Crippen MR) is 170 cm³/mol. The van der Waals surface area contributed by atoms with Crippen molar-refractivity contribution in [2.75, 3.05) is 59.3 Å². The van der Waals surface area contributed by atoms with Crippen LogP contribution in [0, 0.1) is 0 Å². The van der Waals surface area contributed by atoms with Crippen molar-refractivity contribution in [3.8, 4) is 5.75 Å². The molecule has 0 heterocycles. The Balaban J connectivity index is 2.03. The Morgan fingerprint density at radius 1 is 0.745 bits per heavy atom. The molecule has 47 heavy (non-hydrogen) atoms. The molecule has 0 saturated heterocycles. The summed E-state index contributed by atoms with van der Waals surface area (Å²) in [5, 5.41) is 35.0. The monoisotopic (exact) mass is 669 g/mol. The molecule has 0 radical (unpaired) electrons. The van der Waals surface area contributed by atoms with Crippen LogP contribution in [0.5, 0.6) is 5.75 Å². The van der Waals surface area contributed by atoms with Crippen LogP contribution in [-0.2, 0) is 33.4 Å². The maximum absolute atomic E-state index is 12.2. The molecule has 2 amide bonds. The second-order valence-corrected chi connectivity index (χ2v) is 10.6. The molecule has 1 rings (SSSR count). The van der Waals surface area contributed by atoms with E-state index in [0.29, 0.717) is 38.2 Å². The number of benzene rings is 1. The van der Waals surface area contributed by atoms with Gasteiger partial charge in [0.15, 0.2) is 12.5 Å². The van der Waals surface area contributed by atoms with Crippen LogP contribution in [-0.4, -0.2) is 117 Å². The molecule has 0 bridgehead atoms. The molecule has 0 saturated carbocycles. The molecule has 0 spiro atoms. The zero-order chi connectivity index (χ0) is 34.5. The van der Waals surface area contributed by atoms with Gasteiger partial charge in [0.25, 0.3) is 0 Å². The number of unbranched alkanes of at least 4 members (excludes halogenated alkanes) is 6. The number of nitrogens with one attached hydrogen (secondary N) is 3. The highest BCUT2D eigenvalue weighted by molar-refractivity contribution is 5.87. The van der Waals surface area contributed by atoms with Crippen LogP contribution in [0.3, 0.4) is 0 Å². The molecular formula is C32H51N3O12. The molecule has 0 aliphatic carbocycles. The minimum atomic E-state index is -1.20. The lowest BCUT2D eigenvalue weighted by atomic mass is 10.1. The van der Waals surface area contributed by atoms with Crippen LogP contribution in [0.1, 0.15) is 74.6 Å². The number of aliphatic carboxylic acids is 1. The molecule has 1 unspecified atom stereocenters. The quantitative estimate of drug-likeness (QED) is 0.0376. The molecule has 0 fully saturated rings. The smallest absolute Gasteiger partial charge is 0.335 e. The highest BCUT2D eigenvalue weighted by atomic mass is 16.5. The van der Waals surface area contributed by atoms with Crippen molar-refractivity contribution in [3.05, 3.63) is 29.8 Å². The fourth-order valence-electron chi connectivity index (χ4n) is 4.23. The van der Waals surface area contributed by atoms with E-state index in [1.54, 1.807) is 12.1 Å². The summed E-state index contributed by atoms with van der Waals surface area (Å²) in [6, 6.07) is 5.15. The summed E-state index contributed by atoms with van der Waals surface area (Å²) in [6.45, 7) is 2.14. The second-order valence-electron chi connectivity index (χ2n) is 10.6. The minimum absolute atomic E-state index is 0.0376. The van der Waals surface area contributed by atoms with Crippen molar-refractivity contribution in [1.29, 1.82) is 0 Å². The average Bonchev–Trinajstić information content (AvgIpc) is 3.05. The van der Waals surface area contributed by atoms with Crippen molar-refractivity contribution >= 4 is 30.0 Å². The Kier molecular flexibility index (Phi) is 24.2. The molecule has 6 N–H and O–H groups in total. The molecule has 15 nitrogen and oxygen atoms in total. The lowest BCUT2D eigenvalue weighted by Crippen LogP contribution is -2.41. The summed E-state index contributed by atoms with van der Waals surface area (Å²) < 4.78 is 21.4. The van der Waals surface area contributed by atoms with Crippen molar-refractivity contribution in [1.82, 2.24) is 16.0 Å². The molecule has 1 aromatic carbocycles. The van der Waals surface area contributed by atoms with Crippen molar-refractivity contribution in [2.24, 2.45) is 0 Å². The number of rotatable bonds is 31. The molecule has 15 heteroatoms. The van der Waals surface area contributed by atoms with Crippen molar-refractivity contribution in [2.45, 2.75) is 76.5 Å². The lowest BCUT2D eigenvalue weighted by Gasteiger charge is -2.15. The van der Waals surface area contributed by atoms with E-state index in [-0.39, 0.29) is 76.2 Å².